The van der Waals surface area contributed by atoms with E-state index in [2.05, 4.69) is 10.1 Å². The van der Waals surface area contributed by atoms with Gasteiger partial charge in [-0.15, -0.1) is 0 Å². The first-order valence-electron chi connectivity index (χ1n) is 6.55. The summed E-state index contributed by atoms with van der Waals surface area (Å²) in [7, 11) is 0. The van der Waals surface area contributed by atoms with Gasteiger partial charge in [-0.25, -0.2) is 4.39 Å². The first kappa shape index (κ1) is 14.9. The Morgan fingerprint density at radius 1 is 1.35 bits per heavy atom. The summed E-state index contributed by atoms with van der Waals surface area (Å²) in [6, 6.07) is 4.54. The average molecular weight is 298 g/mol. The van der Waals surface area contributed by atoms with Crippen molar-refractivity contribution in [2.24, 2.45) is 5.73 Å². The van der Waals surface area contributed by atoms with Gasteiger partial charge < -0.3 is 10.3 Å². The van der Waals surface area contributed by atoms with Crippen LogP contribution in [0.2, 0.25) is 5.02 Å². The van der Waals surface area contributed by atoms with Gasteiger partial charge in [-0.3, -0.25) is 0 Å². The van der Waals surface area contributed by atoms with Crippen LogP contribution in [0.5, 0.6) is 0 Å². The molecule has 0 spiro atoms. The number of rotatable bonds is 5. The van der Waals surface area contributed by atoms with Crippen molar-refractivity contribution >= 4 is 11.6 Å². The van der Waals surface area contributed by atoms with E-state index in [9.17, 15) is 4.39 Å². The van der Waals surface area contributed by atoms with E-state index >= 15 is 0 Å². The van der Waals surface area contributed by atoms with Gasteiger partial charge in [0.1, 0.15) is 5.82 Å². The Balaban J connectivity index is 2.26. The molecule has 108 valence electrons. The SMILES string of the molecule is CCC(N)(CC)c1nc(Cc2c(F)cccc2Cl)no1. The third-order valence-corrected chi connectivity index (χ3v) is 3.91. The molecule has 0 radical (unpaired) electrons. The molecule has 0 bridgehead atoms. The van der Waals surface area contributed by atoms with Crippen molar-refractivity contribution in [3.05, 3.63) is 46.3 Å². The molecule has 20 heavy (non-hydrogen) atoms. The Labute approximate surface area is 122 Å². The van der Waals surface area contributed by atoms with Crippen LogP contribution >= 0.6 is 11.6 Å². The zero-order chi connectivity index (χ0) is 14.8. The fraction of sp³-hybridized carbons (Fsp3) is 0.429. The lowest BCUT2D eigenvalue weighted by molar-refractivity contribution is 0.267. The molecule has 2 rings (SSSR count). The maximum absolute atomic E-state index is 13.7. The van der Waals surface area contributed by atoms with Crippen LogP contribution in [0.1, 0.15) is 44.0 Å². The monoisotopic (exact) mass is 297 g/mol. The van der Waals surface area contributed by atoms with Gasteiger partial charge in [-0.05, 0) is 25.0 Å². The number of halogens is 2. The van der Waals surface area contributed by atoms with Gasteiger partial charge >= 0.3 is 0 Å². The molecule has 0 unspecified atom stereocenters. The number of aromatic nitrogens is 2. The normalized spacial score (nSPS) is 11.8. The summed E-state index contributed by atoms with van der Waals surface area (Å²) < 4.78 is 18.9. The lowest BCUT2D eigenvalue weighted by Gasteiger charge is -2.20. The van der Waals surface area contributed by atoms with Crippen LogP contribution in [-0.2, 0) is 12.0 Å². The van der Waals surface area contributed by atoms with Crippen molar-refractivity contribution in [2.75, 3.05) is 0 Å². The average Bonchev–Trinajstić information content (AvgIpc) is 2.91. The fourth-order valence-electron chi connectivity index (χ4n) is 1.94. The Hall–Kier alpha value is -1.46. The van der Waals surface area contributed by atoms with Crippen LogP contribution in [0, 0.1) is 5.82 Å². The Morgan fingerprint density at radius 2 is 2.05 bits per heavy atom. The second kappa shape index (κ2) is 5.89. The molecule has 0 aliphatic carbocycles. The maximum atomic E-state index is 13.7. The standard InChI is InChI=1S/C14H17ClFN3O/c1-3-14(17,4-2)13-18-12(19-20-13)8-9-10(15)6-5-7-11(9)16/h5-7H,3-4,8,17H2,1-2H3. The number of benzene rings is 1. The van der Waals surface area contributed by atoms with Crippen LogP contribution in [0.25, 0.3) is 0 Å². The van der Waals surface area contributed by atoms with Crippen LogP contribution in [0.3, 0.4) is 0 Å². The summed E-state index contributed by atoms with van der Waals surface area (Å²) in [5.41, 5.74) is 5.91. The summed E-state index contributed by atoms with van der Waals surface area (Å²) in [6.07, 6.45) is 1.55. The summed E-state index contributed by atoms with van der Waals surface area (Å²) in [4.78, 5) is 4.27. The highest BCUT2D eigenvalue weighted by Crippen LogP contribution is 2.26. The van der Waals surface area contributed by atoms with E-state index in [1.165, 1.54) is 6.07 Å². The molecule has 0 atom stereocenters. The number of nitrogens with zero attached hydrogens (tertiary/aromatic N) is 2. The zero-order valence-electron chi connectivity index (χ0n) is 11.5. The van der Waals surface area contributed by atoms with E-state index in [0.29, 0.717) is 35.1 Å². The van der Waals surface area contributed by atoms with Crippen molar-refractivity contribution < 1.29 is 8.91 Å². The highest BCUT2D eigenvalue weighted by atomic mass is 35.5. The molecule has 2 aromatic rings. The van der Waals surface area contributed by atoms with Crippen molar-refractivity contribution in [2.45, 2.75) is 38.6 Å². The molecule has 1 aromatic carbocycles. The van der Waals surface area contributed by atoms with Gasteiger partial charge in [0, 0.05) is 17.0 Å². The van der Waals surface area contributed by atoms with Gasteiger partial charge in [0.25, 0.3) is 0 Å². The molecular weight excluding hydrogens is 281 g/mol. The second-order valence-corrected chi connectivity index (χ2v) is 5.16. The number of hydrogen-bond acceptors (Lipinski definition) is 4. The molecular formula is C14H17ClFN3O. The predicted octanol–water partition coefficient (Wildman–Crippen LogP) is 3.43. The molecule has 0 saturated carbocycles. The van der Waals surface area contributed by atoms with Crippen molar-refractivity contribution in [3.63, 3.8) is 0 Å². The lowest BCUT2D eigenvalue weighted by atomic mass is 9.94. The second-order valence-electron chi connectivity index (χ2n) is 4.76. The molecule has 4 nitrogen and oxygen atoms in total. The number of nitrogens with two attached hydrogens (primary N) is 1. The van der Waals surface area contributed by atoms with Gasteiger partial charge in [0.15, 0.2) is 5.82 Å². The Morgan fingerprint density at radius 3 is 2.65 bits per heavy atom. The van der Waals surface area contributed by atoms with Gasteiger partial charge in [-0.2, -0.15) is 4.98 Å². The first-order chi connectivity index (χ1) is 9.50. The molecule has 1 heterocycles. The van der Waals surface area contributed by atoms with Crippen LogP contribution < -0.4 is 5.73 Å². The summed E-state index contributed by atoms with van der Waals surface area (Å²) in [5, 5.41) is 4.21. The van der Waals surface area contributed by atoms with Crippen LogP contribution in [-0.4, -0.2) is 10.1 Å². The summed E-state index contributed by atoms with van der Waals surface area (Å²) >= 11 is 5.98. The third-order valence-electron chi connectivity index (χ3n) is 3.55. The summed E-state index contributed by atoms with van der Waals surface area (Å²) in [5.74, 6) is 0.377. The Bertz CT molecular complexity index is 576. The minimum atomic E-state index is -0.635. The molecule has 1 aromatic heterocycles. The molecule has 0 aliphatic heterocycles. The Kier molecular flexibility index (Phi) is 4.40. The first-order valence-corrected chi connectivity index (χ1v) is 6.92. The van der Waals surface area contributed by atoms with Crippen molar-refractivity contribution in [1.29, 1.82) is 0 Å². The van der Waals surface area contributed by atoms with Crippen LogP contribution in [0.15, 0.2) is 22.7 Å². The smallest absolute Gasteiger partial charge is 0.246 e. The fourth-order valence-corrected chi connectivity index (χ4v) is 2.17. The van der Waals surface area contributed by atoms with Crippen LogP contribution in [0.4, 0.5) is 4.39 Å². The quantitative estimate of drug-likeness (QED) is 0.918. The molecule has 6 heteroatoms. The van der Waals surface area contributed by atoms with Crippen molar-refractivity contribution in [1.82, 2.24) is 10.1 Å². The van der Waals surface area contributed by atoms with Gasteiger partial charge in [0.05, 0.1) is 5.54 Å². The van der Waals surface area contributed by atoms with E-state index in [1.54, 1.807) is 12.1 Å². The molecule has 0 fully saturated rings. The lowest BCUT2D eigenvalue weighted by Crippen LogP contribution is -2.35. The van der Waals surface area contributed by atoms with E-state index in [4.69, 9.17) is 21.9 Å². The molecule has 0 aliphatic rings. The highest BCUT2D eigenvalue weighted by molar-refractivity contribution is 6.31. The summed E-state index contributed by atoms with van der Waals surface area (Å²) in [6.45, 7) is 3.92. The molecule has 0 saturated heterocycles. The molecule has 2 N–H and O–H groups in total. The van der Waals surface area contributed by atoms with E-state index < -0.39 is 5.54 Å². The number of hydrogen-bond donors (Lipinski definition) is 1. The third kappa shape index (κ3) is 2.83. The minimum absolute atomic E-state index is 0.179. The predicted molar refractivity (Wildman–Crippen MR) is 75.0 cm³/mol. The van der Waals surface area contributed by atoms with E-state index in [1.807, 2.05) is 13.8 Å². The zero-order valence-corrected chi connectivity index (χ0v) is 12.2. The topological polar surface area (TPSA) is 64.9 Å². The van der Waals surface area contributed by atoms with Gasteiger partial charge in [0.2, 0.25) is 5.89 Å². The largest absolute Gasteiger partial charge is 0.337 e. The van der Waals surface area contributed by atoms with Gasteiger partial charge in [-0.1, -0.05) is 36.7 Å². The maximum Gasteiger partial charge on any atom is 0.246 e. The van der Waals surface area contributed by atoms with E-state index in [0.717, 1.165) is 0 Å². The molecule has 0 amide bonds. The minimum Gasteiger partial charge on any atom is -0.337 e. The van der Waals surface area contributed by atoms with E-state index in [-0.39, 0.29) is 12.2 Å². The highest BCUT2D eigenvalue weighted by Gasteiger charge is 2.30. The van der Waals surface area contributed by atoms with Crippen molar-refractivity contribution in [3.8, 4) is 0 Å².